The highest BCUT2D eigenvalue weighted by molar-refractivity contribution is 7.99. The summed E-state index contributed by atoms with van der Waals surface area (Å²) >= 11 is 2.03. The first-order valence-electron chi connectivity index (χ1n) is 9.44. The third-order valence-corrected chi connectivity index (χ3v) is 6.55. The van der Waals surface area contributed by atoms with Crippen LogP contribution in [0.4, 0.5) is 4.79 Å². The minimum atomic E-state index is -0.0370. The molecule has 1 aliphatic heterocycles. The van der Waals surface area contributed by atoms with Gasteiger partial charge in [0.2, 0.25) is 0 Å². The molecule has 6 heteroatoms. The van der Waals surface area contributed by atoms with Gasteiger partial charge in [0.15, 0.2) is 0 Å². The summed E-state index contributed by atoms with van der Waals surface area (Å²) in [7, 11) is 1.81. The molecular weight excluding hydrogens is 344 g/mol. The van der Waals surface area contributed by atoms with E-state index in [2.05, 4.69) is 16.3 Å². The van der Waals surface area contributed by atoms with Crippen molar-refractivity contribution in [3.05, 3.63) is 35.4 Å². The number of hydrogen-bond acceptors (Lipinski definition) is 4. The highest BCUT2D eigenvalue weighted by atomic mass is 32.2. The van der Waals surface area contributed by atoms with Crippen LogP contribution in [0.2, 0.25) is 0 Å². The average molecular weight is 373 g/mol. The first kappa shape index (κ1) is 19.1. The lowest BCUT2D eigenvalue weighted by atomic mass is 9.94. The van der Waals surface area contributed by atoms with Gasteiger partial charge >= 0.3 is 6.03 Å². The largest absolute Gasteiger partial charge is 0.336 e. The number of nitriles is 1. The smallest absolute Gasteiger partial charge is 0.317 e. The van der Waals surface area contributed by atoms with Crippen molar-refractivity contribution in [3.8, 4) is 6.07 Å². The van der Waals surface area contributed by atoms with Gasteiger partial charge in [-0.15, -0.1) is 0 Å². The lowest BCUT2D eigenvalue weighted by Gasteiger charge is -2.43. The molecule has 0 atom stereocenters. The molecule has 0 bridgehead atoms. The number of benzene rings is 1. The fourth-order valence-corrected chi connectivity index (χ4v) is 5.04. The number of carbonyl (C=O) groups excluding carboxylic acids is 1. The average Bonchev–Trinajstić information content (AvgIpc) is 3.17. The molecule has 2 amide bonds. The summed E-state index contributed by atoms with van der Waals surface area (Å²) in [5.74, 6) is 2.40. The molecule has 1 saturated carbocycles. The summed E-state index contributed by atoms with van der Waals surface area (Å²) in [6.07, 6.45) is 4.89. The van der Waals surface area contributed by atoms with Crippen LogP contribution >= 0.6 is 11.8 Å². The molecule has 1 aromatic rings. The maximum Gasteiger partial charge on any atom is 0.317 e. The van der Waals surface area contributed by atoms with Crippen molar-refractivity contribution in [3.63, 3.8) is 0 Å². The number of carbonyl (C=O) groups is 1. The normalized spacial score (nSPS) is 19.7. The number of amides is 2. The van der Waals surface area contributed by atoms with Gasteiger partial charge in [-0.1, -0.05) is 25.0 Å². The van der Waals surface area contributed by atoms with Crippen LogP contribution in [0.5, 0.6) is 0 Å². The van der Waals surface area contributed by atoms with Gasteiger partial charge in [0.05, 0.1) is 11.6 Å². The van der Waals surface area contributed by atoms with E-state index in [0.29, 0.717) is 12.1 Å². The van der Waals surface area contributed by atoms with Crippen LogP contribution in [0.3, 0.4) is 0 Å². The predicted molar refractivity (Wildman–Crippen MR) is 106 cm³/mol. The zero-order chi connectivity index (χ0) is 18.4. The van der Waals surface area contributed by atoms with Gasteiger partial charge in [-0.2, -0.15) is 17.0 Å². The van der Waals surface area contributed by atoms with E-state index in [1.165, 1.54) is 37.2 Å². The van der Waals surface area contributed by atoms with E-state index in [1.807, 2.05) is 37.0 Å². The van der Waals surface area contributed by atoms with Gasteiger partial charge in [-0.05, 0) is 30.5 Å². The van der Waals surface area contributed by atoms with Crippen molar-refractivity contribution >= 4 is 17.8 Å². The number of hydrogen-bond donors (Lipinski definition) is 1. The van der Waals surface area contributed by atoms with Gasteiger partial charge in [-0.25, -0.2) is 4.79 Å². The number of rotatable bonds is 5. The molecule has 26 heavy (non-hydrogen) atoms. The second-order valence-corrected chi connectivity index (χ2v) is 8.58. The Morgan fingerprint density at radius 2 is 2.08 bits per heavy atom. The zero-order valence-electron chi connectivity index (χ0n) is 15.5. The standard InChI is InChI=1S/C20H28N4OS/c1-23(15-18-6-4-5-17(13-18)14-21)19(25)22-16-20(7-2-3-8-20)24-9-11-26-12-10-24/h4-6,13H,2-3,7-12,15-16H2,1H3,(H,22,25). The van der Waals surface area contributed by atoms with E-state index < -0.39 is 0 Å². The first-order chi connectivity index (χ1) is 12.6. The van der Waals surface area contributed by atoms with Crippen LogP contribution in [0.25, 0.3) is 0 Å². The van der Waals surface area contributed by atoms with Gasteiger partial charge in [0, 0.05) is 50.3 Å². The van der Waals surface area contributed by atoms with Gasteiger partial charge in [-0.3, -0.25) is 4.90 Å². The van der Waals surface area contributed by atoms with E-state index in [4.69, 9.17) is 5.26 Å². The van der Waals surface area contributed by atoms with Crippen LogP contribution in [0.15, 0.2) is 24.3 Å². The minimum absolute atomic E-state index is 0.0370. The molecule has 5 nitrogen and oxygen atoms in total. The number of thioether (sulfide) groups is 1. The molecule has 2 aliphatic rings. The molecule has 140 valence electrons. The van der Waals surface area contributed by atoms with Gasteiger partial charge < -0.3 is 10.2 Å². The Labute approximate surface area is 160 Å². The molecule has 1 heterocycles. The fraction of sp³-hybridized carbons (Fsp3) is 0.600. The molecule has 0 aromatic heterocycles. The van der Waals surface area contributed by atoms with Gasteiger partial charge in [0.25, 0.3) is 0 Å². The highest BCUT2D eigenvalue weighted by Crippen LogP contribution is 2.36. The van der Waals surface area contributed by atoms with Crippen LogP contribution in [0, 0.1) is 11.3 Å². The molecule has 1 aromatic carbocycles. The molecule has 1 aliphatic carbocycles. The Hall–Kier alpha value is -1.71. The number of nitrogens with one attached hydrogen (secondary N) is 1. The first-order valence-corrected chi connectivity index (χ1v) is 10.6. The minimum Gasteiger partial charge on any atom is -0.336 e. The van der Waals surface area contributed by atoms with E-state index in [9.17, 15) is 4.79 Å². The number of urea groups is 1. The van der Waals surface area contributed by atoms with Crippen molar-refractivity contribution in [2.24, 2.45) is 0 Å². The molecule has 0 radical (unpaired) electrons. The molecule has 1 N–H and O–H groups in total. The van der Waals surface area contributed by atoms with Crippen molar-refractivity contribution in [2.75, 3.05) is 38.2 Å². The molecule has 3 rings (SSSR count). The summed E-state index contributed by atoms with van der Waals surface area (Å²) in [5.41, 5.74) is 1.76. The van der Waals surface area contributed by atoms with E-state index in [1.54, 1.807) is 11.0 Å². The van der Waals surface area contributed by atoms with Crippen molar-refractivity contribution in [1.82, 2.24) is 15.1 Å². The number of nitrogens with zero attached hydrogens (tertiary/aromatic N) is 3. The third kappa shape index (κ3) is 4.52. The Morgan fingerprint density at radius 3 is 2.77 bits per heavy atom. The summed E-state index contributed by atoms with van der Waals surface area (Å²) in [5, 5.41) is 12.2. The topological polar surface area (TPSA) is 59.4 Å². The second-order valence-electron chi connectivity index (χ2n) is 7.36. The second kappa shape index (κ2) is 8.79. The molecule has 1 saturated heterocycles. The summed E-state index contributed by atoms with van der Waals surface area (Å²) in [6.45, 7) is 3.52. The zero-order valence-corrected chi connectivity index (χ0v) is 16.4. The predicted octanol–water partition coefficient (Wildman–Crippen LogP) is 3.06. The molecule has 0 spiro atoms. The van der Waals surface area contributed by atoms with Crippen molar-refractivity contribution < 1.29 is 4.79 Å². The molecular formula is C20H28N4OS. The van der Waals surface area contributed by atoms with E-state index >= 15 is 0 Å². The molecule has 0 unspecified atom stereocenters. The Morgan fingerprint density at radius 1 is 1.35 bits per heavy atom. The van der Waals surface area contributed by atoms with Crippen LogP contribution in [-0.2, 0) is 6.54 Å². The SMILES string of the molecule is CN(Cc1cccc(C#N)c1)C(=O)NCC1(N2CCSCC2)CCCC1. The van der Waals surface area contributed by atoms with Crippen LogP contribution < -0.4 is 5.32 Å². The maximum absolute atomic E-state index is 12.6. The Bertz CT molecular complexity index is 660. The quantitative estimate of drug-likeness (QED) is 0.863. The Kier molecular flexibility index (Phi) is 6.44. The lowest BCUT2D eigenvalue weighted by molar-refractivity contribution is 0.102. The van der Waals surface area contributed by atoms with E-state index in [-0.39, 0.29) is 11.6 Å². The van der Waals surface area contributed by atoms with Gasteiger partial charge in [0.1, 0.15) is 0 Å². The van der Waals surface area contributed by atoms with Crippen LogP contribution in [0.1, 0.15) is 36.8 Å². The highest BCUT2D eigenvalue weighted by Gasteiger charge is 2.40. The Balaban J connectivity index is 1.56. The lowest BCUT2D eigenvalue weighted by Crippen LogP contribution is -2.57. The molecule has 2 fully saturated rings. The van der Waals surface area contributed by atoms with Crippen molar-refractivity contribution in [1.29, 1.82) is 5.26 Å². The van der Waals surface area contributed by atoms with Crippen molar-refractivity contribution in [2.45, 2.75) is 37.8 Å². The fourth-order valence-electron chi connectivity index (χ4n) is 4.14. The summed E-state index contributed by atoms with van der Waals surface area (Å²) in [4.78, 5) is 16.9. The summed E-state index contributed by atoms with van der Waals surface area (Å²) in [6, 6.07) is 9.55. The monoisotopic (exact) mass is 372 g/mol. The maximum atomic E-state index is 12.6. The van der Waals surface area contributed by atoms with Crippen LogP contribution in [-0.4, -0.2) is 59.6 Å². The summed E-state index contributed by atoms with van der Waals surface area (Å²) < 4.78 is 0. The third-order valence-electron chi connectivity index (χ3n) is 5.61. The van der Waals surface area contributed by atoms with E-state index in [0.717, 1.165) is 25.2 Å².